The molecule has 0 aliphatic rings. The Hall–Kier alpha value is -2.85. The van der Waals surface area contributed by atoms with E-state index in [-0.39, 0.29) is 5.91 Å². The molecule has 0 atom stereocenters. The Morgan fingerprint density at radius 3 is 2.52 bits per heavy atom. The molecule has 0 bridgehead atoms. The molecule has 2 aromatic carbocycles. The zero-order valence-electron chi connectivity index (χ0n) is 14.0. The van der Waals surface area contributed by atoms with Gasteiger partial charge in [-0.05, 0) is 55.3 Å². The predicted molar refractivity (Wildman–Crippen MR) is 103 cm³/mol. The van der Waals surface area contributed by atoms with E-state index in [1.54, 1.807) is 30.6 Å². The van der Waals surface area contributed by atoms with Crippen LogP contribution in [0.15, 0.2) is 60.9 Å². The van der Waals surface area contributed by atoms with Crippen molar-refractivity contribution in [2.75, 3.05) is 10.6 Å². The Morgan fingerprint density at radius 1 is 0.960 bits per heavy atom. The topological polar surface area (TPSA) is 54.0 Å². The molecule has 5 heteroatoms. The number of nitrogens with zero attached hydrogens (tertiary/aromatic N) is 1. The van der Waals surface area contributed by atoms with Gasteiger partial charge in [0.05, 0.1) is 17.4 Å². The average molecular weight is 352 g/mol. The van der Waals surface area contributed by atoms with Gasteiger partial charge in [0.15, 0.2) is 0 Å². The number of aromatic nitrogens is 1. The SMILES string of the molecule is Cc1cc(Cl)ccc1NC(=O)c1cncc(Nc2ccccc2C)c1. The van der Waals surface area contributed by atoms with Gasteiger partial charge in [0.1, 0.15) is 0 Å². The van der Waals surface area contributed by atoms with E-state index in [2.05, 4.69) is 15.6 Å². The highest BCUT2D eigenvalue weighted by atomic mass is 35.5. The minimum atomic E-state index is -0.216. The lowest BCUT2D eigenvalue weighted by atomic mass is 10.1. The van der Waals surface area contributed by atoms with Crippen LogP contribution < -0.4 is 10.6 Å². The molecule has 0 spiro atoms. The minimum absolute atomic E-state index is 0.216. The molecule has 4 nitrogen and oxygen atoms in total. The Bertz CT molecular complexity index is 924. The van der Waals surface area contributed by atoms with Crippen LogP contribution in [0.5, 0.6) is 0 Å². The number of hydrogen-bond donors (Lipinski definition) is 2. The van der Waals surface area contributed by atoms with Gasteiger partial charge in [-0.25, -0.2) is 0 Å². The number of rotatable bonds is 4. The highest BCUT2D eigenvalue weighted by molar-refractivity contribution is 6.30. The van der Waals surface area contributed by atoms with Crippen molar-refractivity contribution in [1.82, 2.24) is 4.98 Å². The fourth-order valence-electron chi connectivity index (χ4n) is 2.46. The van der Waals surface area contributed by atoms with Crippen LogP contribution in [-0.4, -0.2) is 10.9 Å². The Balaban J connectivity index is 1.79. The maximum Gasteiger partial charge on any atom is 0.257 e. The molecule has 0 aliphatic heterocycles. The van der Waals surface area contributed by atoms with E-state index in [4.69, 9.17) is 11.6 Å². The highest BCUT2D eigenvalue weighted by Gasteiger charge is 2.10. The molecule has 0 unspecified atom stereocenters. The van der Waals surface area contributed by atoms with E-state index in [1.165, 1.54) is 0 Å². The predicted octanol–water partition coefficient (Wildman–Crippen LogP) is 5.35. The standard InChI is InChI=1S/C20H18ClN3O/c1-13-5-3-4-6-18(13)23-17-10-15(11-22-12-17)20(25)24-19-8-7-16(21)9-14(19)2/h3-12,23H,1-2H3,(H,24,25). The van der Waals surface area contributed by atoms with Gasteiger partial charge in [-0.3, -0.25) is 9.78 Å². The Kier molecular flexibility index (Phi) is 5.00. The number of benzene rings is 2. The van der Waals surface area contributed by atoms with Crippen molar-refractivity contribution in [3.63, 3.8) is 0 Å². The molecule has 3 aromatic rings. The van der Waals surface area contributed by atoms with Crippen LogP contribution in [0.25, 0.3) is 0 Å². The van der Waals surface area contributed by atoms with Crippen LogP contribution in [-0.2, 0) is 0 Å². The van der Waals surface area contributed by atoms with Gasteiger partial charge >= 0.3 is 0 Å². The van der Waals surface area contributed by atoms with E-state index in [0.717, 1.165) is 28.2 Å². The first-order valence-electron chi connectivity index (χ1n) is 7.88. The smallest absolute Gasteiger partial charge is 0.257 e. The minimum Gasteiger partial charge on any atom is -0.354 e. The first kappa shape index (κ1) is 17.0. The maximum atomic E-state index is 12.5. The van der Waals surface area contributed by atoms with Crippen molar-refractivity contribution >= 4 is 34.6 Å². The molecule has 0 radical (unpaired) electrons. The number of carbonyl (C=O) groups excluding carboxylic acids is 1. The number of nitrogens with one attached hydrogen (secondary N) is 2. The second-order valence-corrected chi connectivity index (χ2v) is 6.25. The fraction of sp³-hybridized carbons (Fsp3) is 0.100. The summed E-state index contributed by atoms with van der Waals surface area (Å²) in [7, 11) is 0. The summed E-state index contributed by atoms with van der Waals surface area (Å²) in [6.07, 6.45) is 3.24. The zero-order valence-corrected chi connectivity index (χ0v) is 14.8. The van der Waals surface area contributed by atoms with Gasteiger partial charge in [-0.15, -0.1) is 0 Å². The number of anilines is 3. The first-order valence-corrected chi connectivity index (χ1v) is 8.26. The molecular weight excluding hydrogens is 334 g/mol. The van der Waals surface area contributed by atoms with E-state index in [0.29, 0.717) is 10.6 Å². The van der Waals surface area contributed by atoms with Crippen LogP contribution in [0.4, 0.5) is 17.1 Å². The second kappa shape index (κ2) is 7.36. The normalized spacial score (nSPS) is 10.4. The summed E-state index contributed by atoms with van der Waals surface area (Å²) in [5.41, 5.74) is 4.97. The monoisotopic (exact) mass is 351 g/mol. The van der Waals surface area contributed by atoms with Crippen molar-refractivity contribution in [3.8, 4) is 0 Å². The van der Waals surface area contributed by atoms with Gasteiger partial charge in [0, 0.05) is 22.6 Å². The molecule has 1 amide bonds. The number of pyridine rings is 1. The Labute approximate surface area is 151 Å². The molecule has 126 valence electrons. The van der Waals surface area contributed by atoms with Gasteiger partial charge in [-0.2, -0.15) is 0 Å². The number of aryl methyl sites for hydroxylation is 2. The van der Waals surface area contributed by atoms with Gasteiger partial charge < -0.3 is 10.6 Å². The van der Waals surface area contributed by atoms with Crippen molar-refractivity contribution in [2.45, 2.75) is 13.8 Å². The number of halogens is 1. The molecule has 1 aromatic heterocycles. The molecular formula is C20H18ClN3O. The van der Waals surface area contributed by atoms with Crippen LogP contribution in [0.1, 0.15) is 21.5 Å². The van der Waals surface area contributed by atoms with E-state index in [1.807, 2.05) is 44.2 Å². The summed E-state index contributed by atoms with van der Waals surface area (Å²) in [6, 6.07) is 15.1. The highest BCUT2D eigenvalue weighted by Crippen LogP contribution is 2.22. The molecule has 0 saturated carbocycles. The number of para-hydroxylation sites is 1. The summed E-state index contributed by atoms with van der Waals surface area (Å²) >= 11 is 5.95. The molecule has 2 N–H and O–H groups in total. The summed E-state index contributed by atoms with van der Waals surface area (Å²) in [6.45, 7) is 3.92. The third kappa shape index (κ3) is 4.17. The average Bonchev–Trinajstić information content (AvgIpc) is 2.60. The largest absolute Gasteiger partial charge is 0.354 e. The number of carbonyl (C=O) groups is 1. The molecule has 0 saturated heterocycles. The summed E-state index contributed by atoms with van der Waals surface area (Å²) in [5, 5.41) is 6.82. The quantitative estimate of drug-likeness (QED) is 0.666. The summed E-state index contributed by atoms with van der Waals surface area (Å²) < 4.78 is 0. The van der Waals surface area contributed by atoms with Crippen molar-refractivity contribution < 1.29 is 4.79 Å². The molecule has 25 heavy (non-hydrogen) atoms. The summed E-state index contributed by atoms with van der Waals surface area (Å²) in [4.78, 5) is 16.7. The van der Waals surface area contributed by atoms with Crippen LogP contribution >= 0.6 is 11.6 Å². The van der Waals surface area contributed by atoms with E-state index in [9.17, 15) is 4.79 Å². The van der Waals surface area contributed by atoms with Crippen molar-refractivity contribution in [2.24, 2.45) is 0 Å². The lowest BCUT2D eigenvalue weighted by Crippen LogP contribution is -2.13. The lowest BCUT2D eigenvalue weighted by molar-refractivity contribution is 0.102. The zero-order chi connectivity index (χ0) is 17.8. The van der Waals surface area contributed by atoms with Crippen molar-refractivity contribution in [3.05, 3.63) is 82.6 Å². The third-order valence-corrected chi connectivity index (χ3v) is 4.10. The Morgan fingerprint density at radius 2 is 1.76 bits per heavy atom. The number of amides is 1. The van der Waals surface area contributed by atoms with Crippen LogP contribution in [0.3, 0.4) is 0 Å². The fourth-order valence-corrected chi connectivity index (χ4v) is 2.69. The molecule has 0 fully saturated rings. The number of hydrogen-bond acceptors (Lipinski definition) is 3. The van der Waals surface area contributed by atoms with Crippen LogP contribution in [0.2, 0.25) is 5.02 Å². The van der Waals surface area contributed by atoms with Gasteiger partial charge in [-0.1, -0.05) is 29.8 Å². The molecule has 1 heterocycles. The van der Waals surface area contributed by atoms with E-state index >= 15 is 0 Å². The third-order valence-electron chi connectivity index (χ3n) is 3.86. The second-order valence-electron chi connectivity index (χ2n) is 5.82. The van der Waals surface area contributed by atoms with Gasteiger partial charge in [0.2, 0.25) is 0 Å². The lowest BCUT2D eigenvalue weighted by Gasteiger charge is -2.11. The molecule has 3 rings (SSSR count). The van der Waals surface area contributed by atoms with Gasteiger partial charge in [0.25, 0.3) is 5.91 Å². The maximum absolute atomic E-state index is 12.5. The summed E-state index contributed by atoms with van der Waals surface area (Å²) in [5.74, 6) is -0.216. The van der Waals surface area contributed by atoms with E-state index < -0.39 is 0 Å². The molecule has 0 aliphatic carbocycles. The first-order chi connectivity index (χ1) is 12.0. The van der Waals surface area contributed by atoms with Crippen LogP contribution in [0, 0.1) is 13.8 Å². The van der Waals surface area contributed by atoms with Crippen molar-refractivity contribution in [1.29, 1.82) is 0 Å².